The van der Waals surface area contributed by atoms with Crippen molar-refractivity contribution in [3.63, 3.8) is 0 Å². The number of amides is 1. The number of nitrogens with zero attached hydrogens (tertiary/aromatic N) is 4. The van der Waals surface area contributed by atoms with Crippen LogP contribution in [0.15, 0.2) is 61.1 Å². The Morgan fingerprint density at radius 3 is 2.02 bits per heavy atom. The number of hydrogen-bond acceptors (Lipinski definition) is 6. The average Bonchev–Trinajstić information content (AvgIpc) is 3.23. The summed E-state index contributed by atoms with van der Waals surface area (Å²) in [5, 5.41) is 14.2. The van der Waals surface area contributed by atoms with Gasteiger partial charge in [-0.3, -0.25) is 9.78 Å². The number of alkyl halides is 6. The van der Waals surface area contributed by atoms with E-state index in [0.717, 1.165) is 11.4 Å². The second-order valence-corrected chi connectivity index (χ2v) is 8.06. The van der Waals surface area contributed by atoms with Crippen molar-refractivity contribution in [2.75, 3.05) is 6.54 Å². The molecule has 0 radical (unpaired) electrons. The normalized spacial score (nSPS) is 14.7. The number of pyridine rings is 2. The van der Waals surface area contributed by atoms with E-state index >= 15 is 0 Å². The molecule has 0 spiro atoms. The number of carbonyl (C=O) groups is 3. The minimum absolute atomic E-state index is 0.0431. The standard InChI is InChI=1S/C20H19FN4O2.2C2HF3O2/c21-18-7-3-9-23-20(18)27-17-13-24-10-4-6-16(24)12-25(14-17)19(26)11-15-5-1-2-8-22-15;2*3-2(4,5)1(6)7/h1-10,17H,11-14H2;2*(H,6,7). The first-order chi connectivity index (χ1) is 19.1. The fourth-order valence-electron chi connectivity index (χ4n) is 3.20. The summed E-state index contributed by atoms with van der Waals surface area (Å²) in [7, 11) is 0. The van der Waals surface area contributed by atoms with Crippen LogP contribution in [0.2, 0.25) is 0 Å². The highest BCUT2D eigenvalue weighted by Crippen LogP contribution is 2.20. The van der Waals surface area contributed by atoms with E-state index in [4.69, 9.17) is 24.5 Å². The highest BCUT2D eigenvalue weighted by atomic mass is 19.4. The van der Waals surface area contributed by atoms with E-state index in [0.29, 0.717) is 19.6 Å². The second kappa shape index (κ2) is 14.1. The van der Waals surface area contributed by atoms with Crippen molar-refractivity contribution in [3.8, 4) is 5.88 Å². The lowest BCUT2D eigenvalue weighted by Crippen LogP contribution is -2.39. The van der Waals surface area contributed by atoms with Crippen LogP contribution in [-0.4, -0.2) is 72.5 Å². The Balaban J connectivity index is 0.000000349. The van der Waals surface area contributed by atoms with Crippen LogP contribution in [0.3, 0.4) is 0 Å². The summed E-state index contributed by atoms with van der Waals surface area (Å²) in [5.41, 5.74) is 1.73. The minimum atomic E-state index is -5.08. The van der Waals surface area contributed by atoms with Crippen LogP contribution in [0, 0.1) is 5.82 Å². The van der Waals surface area contributed by atoms with E-state index in [2.05, 4.69) is 9.97 Å². The van der Waals surface area contributed by atoms with E-state index in [1.165, 1.54) is 18.3 Å². The fraction of sp³-hybridized carbons (Fsp3) is 0.292. The van der Waals surface area contributed by atoms with Crippen molar-refractivity contribution in [2.24, 2.45) is 0 Å². The van der Waals surface area contributed by atoms with Gasteiger partial charge in [-0.25, -0.2) is 19.0 Å². The van der Waals surface area contributed by atoms with Crippen LogP contribution in [0.4, 0.5) is 30.7 Å². The van der Waals surface area contributed by atoms with Crippen molar-refractivity contribution in [1.82, 2.24) is 19.4 Å². The van der Waals surface area contributed by atoms with Crippen LogP contribution in [0.25, 0.3) is 0 Å². The lowest BCUT2D eigenvalue weighted by molar-refractivity contribution is -0.193. The summed E-state index contributed by atoms with van der Waals surface area (Å²) in [5.74, 6) is -6.12. The number of ether oxygens (including phenoxy) is 1. The molecule has 1 unspecified atom stereocenters. The van der Waals surface area contributed by atoms with Crippen LogP contribution in [0.1, 0.15) is 11.4 Å². The number of carbonyl (C=O) groups excluding carboxylic acids is 1. The van der Waals surface area contributed by atoms with Crippen molar-refractivity contribution < 1.29 is 60.1 Å². The maximum Gasteiger partial charge on any atom is 0.490 e. The molecule has 1 amide bonds. The smallest absolute Gasteiger partial charge is 0.475 e. The summed E-state index contributed by atoms with van der Waals surface area (Å²) in [4.78, 5) is 40.6. The van der Waals surface area contributed by atoms with E-state index in [9.17, 15) is 35.5 Å². The van der Waals surface area contributed by atoms with Gasteiger partial charge in [-0.1, -0.05) is 6.07 Å². The molecule has 4 rings (SSSR count). The van der Waals surface area contributed by atoms with Gasteiger partial charge in [0.15, 0.2) is 5.82 Å². The SMILES string of the molecule is O=C(Cc1ccccn1)N1Cc2cccn2CC(Oc2ncccc2F)C1.O=C(O)C(F)(F)F.O=C(O)C(F)(F)F. The number of carboxylic acid groups (broad SMARTS) is 2. The van der Waals surface area contributed by atoms with Gasteiger partial charge in [-0.15, -0.1) is 0 Å². The molecule has 0 aromatic carbocycles. The molecule has 41 heavy (non-hydrogen) atoms. The predicted octanol–water partition coefficient (Wildman–Crippen LogP) is 3.72. The van der Waals surface area contributed by atoms with Gasteiger partial charge in [0.05, 0.1) is 26.1 Å². The Hall–Kier alpha value is -4.70. The molecule has 1 aliphatic heterocycles. The quantitative estimate of drug-likeness (QED) is 0.437. The molecule has 0 saturated carbocycles. The number of aliphatic carboxylic acids is 2. The van der Waals surface area contributed by atoms with Crippen LogP contribution in [0.5, 0.6) is 5.88 Å². The number of fused-ring (bicyclic) bond motifs is 1. The predicted molar refractivity (Wildman–Crippen MR) is 124 cm³/mol. The lowest BCUT2D eigenvalue weighted by atomic mass is 10.2. The third kappa shape index (κ3) is 10.8. The third-order valence-corrected chi connectivity index (χ3v) is 5.00. The van der Waals surface area contributed by atoms with Gasteiger partial charge in [0.2, 0.25) is 5.91 Å². The van der Waals surface area contributed by atoms with Gasteiger partial charge in [0.1, 0.15) is 6.10 Å². The van der Waals surface area contributed by atoms with Crippen molar-refractivity contribution in [3.05, 3.63) is 78.3 Å². The molecule has 10 nitrogen and oxygen atoms in total. The van der Waals surface area contributed by atoms with Gasteiger partial charge < -0.3 is 24.4 Å². The van der Waals surface area contributed by atoms with Crippen LogP contribution in [-0.2, 0) is 33.9 Å². The van der Waals surface area contributed by atoms with Crippen LogP contribution < -0.4 is 4.74 Å². The monoisotopic (exact) mass is 594 g/mol. The van der Waals surface area contributed by atoms with Crippen LogP contribution >= 0.6 is 0 Å². The minimum Gasteiger partial charge on any atom is -0.475 e. The summed E-state index contributed by atoms with van der Waals surface area (Å²) >= 11 is 0. The summed E-state index contributed by atoms with van der Waals surface area (Å²) in [6.45, 7) is 1.35. The van der Waals surface area contributed by atoms with Gasteiger partial charge >= 0.3 is 24.3 Å². The Bertz CT molecular complexity index is 1290. The van der Waals surface area contributed by atoms with Gasteiger partial charge in [0, 0.05) is 30.0 Å². The van der Waals surface area contributed by atoms with Gasteiger partial charge in [-0.05, 0) is 36.4 Å². The number of hydrogen-bond donors (Lipinski definition) is 2. The molecule has 0 fully saturated rings. The van der Waals surface area contributed by atoms with E-state index in [1.54, 1.807) is 11.1 Å². The maximum absolute atomic E-state index is 13.9. The molecule has 222 valence electrons. The van der Waals surface area contributed by atoms with Crippen molar-refractivity contribution in [1.29, 1.82) is 0 Å². The molecule has 4 heterocycles. The maximum atomic E-state index is 13.9. The first-order valence-corrected chi connectivity index (χ1v) is 11.3. The molecule has 1 aliphatic rings. The Morgan fingerprint density at radius 1 is 0.878 bits per heavy atom. The Morgan fingerprint density at radius 2 is 1.49 bits per heavy atom. The number of rotatable bonds is 4. The second-order valence-electron chi connectivity index (χ2n) is 8.06. The van der Waals surface area contributed by atoms with Crippen molar-refractivity contribution >= 4 is 17.8 Å². The molecule has 0 aliphatic carbocycles. The topological polar surface area (TPSA) is 135 Å². The molecule has 0 bridgehead atoms. The summed E-state index contributed by atoms with van der Waals surface area (Å²) in [6.07, 6.45) is -5.26. The first-order valence-electron chi connectivity index (χ1n) is 11.3. The molecule has 1 atom stereocenters. The average molecular weight is 594 g/mol. The van der Waals surface area contributed by atoms with Gasteiger partial charge in [0.25, 0.3) is 5.88 Å². The third-order valence-electron chi connectivity index (χ3n) is 5.00. The van der Waals surface area contributed by atoms with Gasteiger partial charge in [-0.2, -0.15) is 26.3 Å². The zero-order valence-corrected chi connectivity index (χ0v) is 20.6. The largest absolute Gasteiger partial charge is 0.490 e. The first kappa shape index (κ1) is 32.5. The molecule has 2 N–H and O–H groups in total. The van der Waals surface area contributed by atoms with E-state index < -0.39 is 36.2 Å². The number of carboxylic acids is 2. The summed E-state index contributed by atoms with van der Waals surface area (Å²) < 4.78 is 85.2. The number of aromatic nitrogens is 3. The molecular formula is C24H21F7N4O6. The lowest BCUT2D eigenvalue weighted by Gasteiger charge is -2.24. The van der Waals surface area contributed by atoms with Crippen molar-refractivity contribution in [2.45, 2.75) is 38.0 Å². The Kier molecular flexibility index (Phi) is 11.2. The molecule has 3 aromatic heterocycles. The highest BCUT2D eigenvalue weighted by molar-refractivity contribution is 5.78. The zero-order valence-electron chi connectivity index (χ0n) is 20.6. The highest BCUT2D eigenvalue weighted by Gasteiger charge is 2.39. The summed E-state index contributed by atoms with van der Waals surface area (Å²) in [6, 6.07) is 12.2. The molecule has 0 saturated heterocycles. The van der Waals surface area contributed by atoms with E-state index in [1.807, 2.05) is 41.1 Å². The van der Waals surface area contributed by atoms with E-state index in [-0.39, 0.29) is 18.2 Å². The number of halogens is 7. The molecule has 17 heteroatoms. The molecular weight excluding hydrogens is 573 g/mol. The zero-order chi connectivity index (χ0) is 30.8. The Labute approximate surface area is 226 Å². The fourth-order valence-corrected chi connectivity index (χ4v) is 3.20. The molecule has 3 aromatic rings.